The normalized spacial score (nSPS) is 22.0. The molecule has 0 spiro atoms. The summed E-state index contributed by atoms with van der Waals surface area (Å²) in [7, 11) is 2.13. The maximum Gasteiger partial charge on any atom is 0.318 e. The molecule has 26 heavy (non-hydrogen) atoms. The Morgan fingerprint density at radius 1 is 1.00 bits per heavy atom. The van der Waals surface area contributed by atoms with Crippen LogP contribution in [0.2, 0.25) is 0 Å². The Morgan fingerprint density at radius 2 is 1.65 bits per heavy atom. The Morgan fingerprint density at radius 3 is 2.31 bits per heavy atom. The molecule has 0 bridgehead atoms. The summed E-state index contributed by atoms with van der Waals surface area (Å²) in [6.45, 7) is 2.54. The van der Waals surface area contributed by atoms with Gasteiger partial charge in [-0.2, -0.15) is 0 Å². The summed E-state index contributed by atoms with van der Waals surface area (Å²) in [6.07, 6.45) is 2.40. The second-order valence-electron chi connectivity index (χ2n) is 7.56. The van der Waals surface area contributed by atoms with Crippen molar-refractivity contribution in [3.8, 4) is 0 Å². The predicted octanol–water partition coefficient (Wildman–Crippen LogP) is 3.84. The van der Waals surface area contributed by atoms with Crippen molar-refractivity contribution in [3.63, 3.8) is 0 Å². The number of urea groups is 1. The molecule has 2 amide bonds. The van der Waals surface area contributed by atoms with Crippen LogP contribution in [-0.4, -0.2) is 42.5 Å². The average Bonchev–Trinajstić information content (AvgIpc) is 3.52. The molecular weight excluding hydrogens is 322 g/mol. The second-order valence-corrected chi connectivity index (χ2v) is 7.56. The van der Waals surface area contributed by atoms with Crippen molar-refractivity contribution < 1.29 is 4.79 Å². The average molecular weight is 349 g/mol. The molecule has 4 rings (SSSR count). The molecule has 0 radical (unpaired) electrons. The van der Waals surface area contributed by atoms with Crippen molar-refractivity contribution in [1.82, 2.24) is 15.1 Å². The summed E-state index contributed by atoms with van der Waals surface area (Å²) in [5.41, 5.74) is 2.42. The lowest BCUT2D eigenvalue weighted by Crippen LogP contribution is -2.53. The minimum Gasteiger partial charge on any atom is -0.331 e. The molecule has 2 fully saturated rings. The number of rotatable bonds is 4. The van der Waals surface area contributed by atoms with Gasteiger partial charge in [0.05, 0.1) is 12.1 Å². The molecule has 136 valence electrons. The van der Waals surface area contributed by atoms with Gasteiger partial charge in [0.1, 0.15) is 0 Å². The Kier molecular flexibility index (Phi) is 4.93. The molecule has 2 unspecified atom stereocenters. The molecule has 1 aliphatic heterocycles. The van der Waals surface area contributed by atoms with E-state index in [1.54, 1.807) is 0 Å². The van der Waals surface area contributed by atoms with Gasteiger partial charge in [0.2, 0.25) is 0 Å². The second kappa shape index (κ2) is 7.50. The molecule has 1 N–H and O–H groups in total. The van der Waals surface area contributed by atoms with Crippen LogP contribution in [0.3, 0.4) is 0 Å². The SMILES string of the molecule is CN1CCN(C(=O)NC(c2ccccc2)C2CC2)C(c2ccccc2)C1. The molecule has 2 aromatic carbocycles. The Hall–Kier alpha value is -2.33. The lowest BCUT2D eigenvalue weighted by Gasteiger charge is -2.41. The summed E-state index contributed by atoms with van der Waals surface area (Å²) < 4.78 is 0. The minimum atomic E-state index is 0.0627. The fraction of sp³-hybridized carbons (Fsp3) is 0.409. The number of benzene rings is 2. The molecule has 1 saturated heterocycles. The summed E-state index contributed by atoms with van der Waals surface area (Å²) in [4.78, 5) is 17.5. The number of nitrogens with zero attached hydrogens (tertiary/aromatic N) is 2. The van der Waals surface area contributed by atoms with Gasteiger partial charge in [-0.1, -0.05) is 60.7 Å². The van der Waals surface area contributed by atoms with E-state index in [2.05, 4.69) is 65.8 Å². The van der Waals surface area contributed by atoms with E-state index < -0.39 is 0 Å². The van der Waals surface area contributed by atoms with Crippen molar-refractivity contribution in [2.75, 3.05) is 26.7 Å². The van der Waals surface area contributed by atoms with Crippen molar-refractivity contribution in [2.24, 2.45) is 5.92 Å². The molecule has 2 aromatic rings. The maximum atomic E-state index is 13.2. The fourth-order valence-electron chi connectivity index (χ4n) is 3.90. The first kappa shape index (κ1) is 17.1. The van der Waals surface area contributed by atoms with Crippen molar-refractivity contribution in [2.45, 2.75) is 24.9 Å². The first-order valence-corrected chi connectivity index (χ1v) is 9.58. The van der Waals surface area contributed by atoms with Crippen molar-refractivity contribution in [1.29, 1.82) is 0 Å². The van der Waals surface area contributed by atoms with E-state index in [1.165, 1.54) is 24.0 Å². The number of hydrogen-bond acceptors (Lipinski definition) is 2. The largest absolute Gasteiger partial charge is 0.331 e. The summed E-state index contributed by atoms with van der Waals surface area (Å²) >= 11 is 0. The van der Waals surface area contributed by atoms with Gasteiger partial charge in [0.25, 0.3) is 0 Å². The number of carbonyl (C=O) groups is 1. The predicted molar refractivity (Wildman–Crippen MR) is 104 cm³/mol. The third-order valence-corrected chi connectivity index (χ3v) is 5.56. The molecule has 4 heteroatoms. The maximum absolute atomic E-state index is 13.2. The molecular formula is C22H27N3O. The fourth-order valence-corrected chi connectivity index (χ4v) is 3.90. The molecule has 1 heterocycles. The van der Waals surface area contributed by atoms with Crippen molar-refractivity contribution in [3.05, 3.63) is 71.8 Å². The Balaban J connectivity index is 1.53. The quantitative estimate of drug-likeness (QED) is 0.910. The van der Waals surface area contributed by atoms with E-state index in [4.69, 9.17) is 0 Å². The van der Waals surface area contributed by atoms with Gasteiger partial charge in [-0.05, 0) is 36.9 Å². The molecule has 0 aromatic heterocycles. The van der Waals surface area contributed by atoms with E-state index in [0.29, 0.717) is 5.92 Å². The highest BCUT2D eigenvalue weighted by atomic mass is 16.2. The lowest BCUT2D eigenvalue weighted by atomic mass is 10.0. The molecule has 4 nitrogen and oxygen atoms in total. The van der Waals surface area contributed by atoms with Crippen LogP contribution in [0.1, 0.15) is 36.1 Å². The van der Waals surface area contributed by atoms with Gasteiger partial charge in [0.15, 0.2) is 0 Å². The first-order valence-electron chi connectivity index (χ1n) is 9.58. The van der Waals surface area contributed by atoms with Crippen LogP contribution in [0.15, 0.2) is 60.7 Å². The van der Waals surface area contributed by atoms with Gasteiger partial charge in [-0.25, -0.2) is 4.79 Å². The van der Waals surface area contributed by atoms with Crippen LogP contribution < -0.4 is 5.32 Å². The molecule has 2 aliphatic rings. The topological polar surface area (TPSA) is 35.6 Å². The zero-order valence-corrected chi connectivity index (χ0v) is 15.3. The number of amides is 2. The van der Waals surface area contributed by atoms with Gasteiger partial charge in [-0.15, -0.1) is 0 Å². The van der Waals surface area contributed by atoms with E-state index in [9.17, 15) is 4.79 Å². The van der Waals surface area contributed by atoms with Gasteiger partial charge >= 0.3 is 6.03 Å². The van der Waals surface area contributed by atoms with Gasteiger partial charge in [0, 0.05) is 19.6 Å². The smallest absolute Gasteiger partial charge is 0.318 e. The Labute approximate surface area is 155 Å². The number of nitrogens with one attached hydrogen (secondary N) is 1. The van der Waals surface area contributed by atoms with E-state index in [1.807, 2.05) is 17.0 Å². The monoisotopic (exact) mass is 349 g/mol. The molecule has 1 saturated carbocycles. The zero-order chi connectivity index (χ0) is 17.9. The molecule has 2 atom stereocenters. The van der Waals surface area contributed by atoms with Gasteiger partial charge < -0.3 is 15.1 Å². The highest BCUT2D eigenvalue weighted by Crippen LogP contribution is 2.41. The van der Waals surface area contributed by atoms with Crippen LogP contribution in [0.5, 0.6) is 0 Å². The lowest BCUT2D eigenvalue weighted by molar-refractivity contribution is 0.106. The van der Waals surface area contributed by atoms with E-state index in [0.717, 1.165) is 19.6 Å². The minimum absolute atomic E-state index is 0.0627. The van der Waals surface area contributed by atoms with Crippen LogP contribution in [0, 0.1) is 5.92 Å². The highest BCUT2D eigenvalue weighted by molar-refractivity contribution is 5.75. The van der Waals surface area contributed by atoms with Crippen LogP contribution >= 0.6 is 0 Å². The number of piperazine rings is 1. The number of hydrogen-bond donors (Lipinski definition) is 1. The summed E-state index contributed by atoms with van der Waals surface area (Å²) in [6, 6.07) is 21.1. The number of carbonyl (C=O) groups excluding carboxylic acids is 1. The van der Waals surface area contributed by atoms with E-state index in [-0.39, 0.29) is 18.1 Å². The molecule has 1 aliphatic carbocycles. The third kappa shape index (κ3) is 3.75. The summed E-state index contributed by atoms with van der Waals surface area (Å²) in [5, 5.41) is 3.35. The van der Waals surface area contributed by atoms with Crippen molar-refractivity contribution >= 4 is 6.03 Å². The van der Waals surface area contributed by atoms with Crippen LogP contribution in [0.4, 0.5) is 4.79 Å². The van der Waals surface area contributed by atoms with Gasteiger partial charge in [-0.3, -0.25) is 0 Å². The van der Waals surface area contributed by atoms with Crippen LogP contribution in [0.25, 0.3) is 0 Å². The summed E-state index contributed by atoms with van der Waals surface area (Å²) in [5.74, 6) is 0.573. The standard InChI is InChI=1S/C22H27N3O/c1-24-14-15-25(20(16-24)17-8-4-2-5-9-17)22(26)23-21(19-12-13-19)18-10-6-3-7-11-18/h2-11,19-21H,12-16H2,1H3,(H,23,26). The third-order valence-electron chi connectivity index (χ3n) is 5.56. The highest BCUT2D eigenvalue weighted by Gasteiger charge is 2.36. The zero-order valence-electron chi connectivity index (χ0n) is 15.3. The number of likely N-dealkylation sites (N-methyl/N-ethyl adjacent to an activating group) is 1. The first-order chi connectivity index (χ1) is 12.7. The van der Waals surface area contributed by atoms with E-state index >= 15 is 0 Å². The Bertz CT molecular complexity index is 730. The van der Waals surface area contributed by atoms with Crippen LogP contribution in [-0.2, 0) is 0 Å².